The standard InChI is InChI=1S/C15H23N5O2/c1-3-13-17-12(18-22-13)10-20-7-4-11(5-8-20)14(21)15-16-6-9-19(15)2/h6,9,11,14,21H,3-5,7-8,10H2,1-2H3. The molecule has 2 aromatic heterocycles. The van der Waals surface area contributed by atoms with Crippen molar-refractivity contribution < 1.29 is 9.63 Å². The van der Waals surface area contributed by atoms with Crippen LogP contribution >= 0.6 is 0 Å². The van der Waals surface area contributed by atoms with Gasteiger partial charge in [-0.05, 0) is 31.8 Å². The number of imidazole rings is 1. The topological polar surface area (TPSA) is 80.2 Å². The van der Waals surface area contributed by atoms with Gasteiger partial charge >= 0.3 is 0 Å². The third-order valence-corrected chi connectivity index (χ3v) is 4.38. The van der Waals surface area contributed by atoms with Crippen LogP contribution in [0.4, 0.5) is 0 Å². The Balaban J connectivity index is 1.53. The summed E-state index contributed by atoms with van der Waals surface area (Å²) in [6, 6.07) is 0. The largest absolute Gasteiger partial charge is 0.385 e. The summed E-state index contributed by atoms with van der Waals surface area (Å²) in [4.78, 5) is 10.9. The van der Waals surface area contributed by atoms with Crippen molar-refractivity contribution in [1.82, 2.24) is 24.6 Å². The molecule has 0 saturated carbocycles. The van der Waals surface area contributed by atoms with Crippen LogP contribution < -0.4 is 0 Å². The zero-order chi connectivity index (χ0) is 15.5. The van der Waals surface area contributed by atoms with Crippen LogP contribution in [0.25, 0.3) is 0 Å². The van der Waals surface area contributed by atoms with E-state index in [1.807, 2.05) is 24.7 Å². The Kier molecular flexibility index (Phi) is 4.54. The molecule has 0 spiro atoms. The Morgan fingerprint density at radius 2 is 2.18 bits per heavy atom. The summed E-state index contributed by atoms with van der Waals surface area (Å²) in [6.07, 6.45) is 5.79. The van der Waals surface area contributed by atoms with Gasteiger partial charge in [0.1, 0.15) is 11.9 Å². The summed E-state index contributed by atoms with van der Waals surface area (Å²) in [5.74, 6) is 2.45. The maximum Gasteiger partial charge on any atom is 0.226 e. The molecule has 1 aliphatic rings. The molecule has 0 bridgehead atoms. The fourth-order valence-corrected chi connectivity index (χ4v) is 3.00. The molecule has 1 aliphatic heterocycles. The molecule has 3 rings (SSSR count). The minimum atomic E-state index is -0.487. The highest BCUT2D eigenvalue weighted by Crippen LogP contribution is 2.30. The first-order valence-corrected chi connectivity index (χ1v) is 7.86. The summed E-state index contributed by atoms with van der Waals surface area (Å²) in [6.45, 7) is 4.58. The first-order valence-electron chi connectivity index (χ1n) is 7.86. The van der Waals surface area contributed by atoms with Gasteiger partial charge in [-0.2, -0.15) is 4.98 Å². The zero-order valence-corrected chi connectivity index (χ0v) is 13.1. The molecule has 7 nitrogen and oxygen atoms in total. The number of aliphatic hydroxyl groups is 1. The van der Waals surface area contributed by atoms with Crippen LogP contribution in [-0.4, -0.2) is 42.8 Å². The lowest BCUT2D eigenvalue weighted by Crippen LogP contribution is -2.35. The van der Waals surface area contributed by atoms with Crippen molar-refractivity contribution in [1.29, 1.82) is 0 Å². The molecular weight excluding hydrogens is 282 g/mol. The van der Waals surface area contributed by atoms with Crippen LogP contribution in [0.15, 0.2) is 16.9 Å². The van der Waals surface area contributed by atoms with E-state index in [-0.39, 0.29) is 5.92 Å². The van der Waals surface area contributed by atoms with Crippen LogP contribution in [0.2, 0.25) is 0 Å². The van der Waals surface area contributed by atoms with Gasteiger partial charge < -0.3 is 14.2 Å². The number of aromatic nitrogens is 4. The molecule has 1 atom stereocenters. The number of hydrogen-bond acceptors (Lipinski definition) is 6. The molecule has 0 aliphatic carbocycles. The quantitative estimate of drug-likeness (QED) is 0.897. The molecule has 1 saturated heterocycles. The summed E-state index contributed by atoms with van der Waals surface area (Å²) >= 11 is 0. The van der Waals surface area contributed by atoms with Gasteiger partial charge in [-0.1, -0.05) is 12.1 Å². The third kappa shape index (κ3) is 3.20. The number of nitrogens with zero attached hydrogens (tertiary/aromatic N) is 5. The Labute approximate surface area is 130 Å². The minimum absolute atomic E-state index is 0.258. The highest BCUT2D eigenvalue weighted by molar-refractivity contribution is 4.98. The van der Waals surface area contributed by atoms with Gasteiger partial charge in [0.2, 0.25) is 5.89 Å². The van der Waals surface area contributed by atoms with E-state index in [4.69, 9.17) is 4.52 Å². The second-order valence-electron chi connectivity index (χ2n) is 5.91. The predicted molar refractivity (Wildman–Crippen MR) is 79.8 cm³/mol. The lowest BCUT2D eigenvalue weighted by Gasteiger charge is -2.33. The summed E-state index contributed by atoms with van der Waals surface area (Å²) in [7, 11) is 1.92. The Bertz CT molecular complexity index is 601. The van der Waals surface area contributed by atoms with Crippen LogP contribution in [0.3, 0.4) is 0 Å². The van der Waals surface area contributed by atoms with E-state index in [9.17, 15) is 5.11 Å². The van der Waals surface area contributed by atoms with Gasteiger partial charge in [-0.15, -0.1) is 0 Å². The van der Waals surface area contributed by atoms with Gasteiger partial charge in [-0.25, -0.2) is 4.98 Å². The Morgan fingerprint density at radius 3 is 2.77 bits per heavy atom. The van der Waals surface area contributed by atoms with Crippen molar-refractivity contribution in [2.45, 2.75) is 38.8 Å². The molecule has 0 amide bonds. The lowest BCUT2D eigenvalue weighted by molar-refractivity contribution is 0.0484. The molecule has 1 fully saturated rings. The highest BCUT2D eigenvalue weighted by Gasteiger charge is 2.28. The van der Waals surface area contributed by atoms with Crippen molar-refractivity contribution >= 4 is 0 Å². The van der Waals surface area contributed by atoms with E-state index in [1.165, 1.54) is 0 Å². The van der Waals surface area contributed by atoms with E-state index < -0.39 is 6.10 Å². The predicted octanol–water partition coefficient (Wildman–Crippen LogP) is 1.31. The van der Waals surface area contributed by atoms with Gasteiger partial charge in [0.05, 0.1) is 6.54 Å². The molecule has 0 radical (unpaired) electrons. The SMILES string of the molecule is CCc1nc(CN2CCC(C(O)c3nccn3C)CC2)no1. The van der Waals surface area contributed by atoms with Crippen LogP contribution in [-0.2, 0) is 20.0 Å². The van der Waals surface area contributed by atoms with Crippen molar-refractivity contribution in [3.63, 3.8) is 0 Å². The molecule has 22 heavy (non-hydrogen) atoms. The average Bonchev–Trinajstić information content (AvgIpc) is 3.16. The van der Waals surface area contributed by atoms with E-state index >= 15 is 0 Å². The smallest absolute Gasteiger partial charge is 0.226 e. The molecule has 1 unspecified atom stereocenters. The van der Waals surface area contributed by atoms with Crippen molar-refractivity contribution in [3.8, 4) is 0 Å². The number of aliphatic hydroxyl groups excluding tert-OH is 1. The van der Waals surface area contributed by atoms with Crippen molar-refractivity contribution in [2.75, 3.05) is 13.1 Å². The van der Waals surface area contributed by atoms with Gasteiger partial charge in [-0.3, -0.25) is 4.90 Å². The first kappa shape index (κ1) is 15.2. The first-order chi connectivity index (χ1) is 10.7. The maximum absolute atomic E-state index is 10.5. The maximum atomic E-state index is 10.5. The summed E-state index contributed by atoms with van der Waals surface area (Å²) in [5, 5.41) is 14.5. The fourth-order valence-electron chi connectivity index (χ4n) is 3.00. The van der Waals surface area contributed by atoms with Crippen molar-refractivity contribution in [3.05, 3.63) is 29.9 Å². The monoisotopic (exact) mass is 305 g/mol. The number of hydrogen-bond donors (Lipinski definition) is 1. The Morgan fingerprint density at radius 1 is 1.41 bits per heavy atom. The number of likely N-dealkylation sites (tertiary alicyclic amines) is 1. The summed E-state index contributed by atoms with van der Waals surface area (Å²) < 4.78 is 7.03. The van der Waals surface area contributed by atoms with Crippen LogP contribution in [0.1, 0.15) is 43.4 Å². The zero-order valence-electron chi connectivity index (χ0n) is 13.1. The third-order valence-electron chi connectivity index (χ3n) is 4.38. The molecule has 3 heterocycles. The molecule has 120 valence electrons. The van der Waals surface area contributed by atoms with E-state index in [2.05, 4.69) is 20.0 Å². The second-order valence-corrected chi connectivity index (χ2v) is 5.91. The van der Waals surface area contributed by atoms with E-state index in [0.29, 0.717) is 12.4 Å². The molecule has 2 aromatic rings. The Hall–Kier alpha value is -1.73. The van der Waals surface area contributed by atoms with Crippen molar-refractivity contribution in [2.24, 2.45) is 13.0 Å². The van der Waals surface area contributed by atoms with Crippen LogP contribution in [0.5, 0.6) is 0 Å². The van der Waals surface area contributed by atoms with E-state index in [0.717, 1.165) is 44.0 Å². The molecule has 7 heteroatoms. The second kappa shape index (κ2) is 6.58. The number of aryl methyl sites for hydroxylation is 2. The average molecular weight is 305 g/mol. The van der Waals surface area contributed by atoms with Gasteiger partial charge in [0.15, 0.2) is 5.82 Å². The van der Waals surface area contributed by atoms with Gasteiger partial charge in [0.25, 0.3) is 0 Å². The molecule has 1 N–H and O–H groups in total. The summed E-state index contributed by atoms with van der Waals surface area (Å²) in [5.41, 5.74) is 0. The molecule has 0 aromatic carbocycles. The number of piperidine rings is 1. The molecular formula is C15H23N5O2. The minimum Gasteiger partial charge on any atom is -0.385 e. The lowest BCUT2D eigenvalue weighted by atomic mass is 9.90. The highest BCUT2D eigenvalue weighted by atomic mass is 16.5. The number of rotatable bonds is 5. The normalized spacial score (nSPS) is 18.7. The van der Waals surface area contributed by atoms with Gasteiger partial charge in [0, 0.05) is 25.9 Å². The fraction of sp³-hybridized carbons (Fsp3) is 0.667. The van der Waals surface area contributed by atoms with E-state index in [1.54, 1.807) is 6.20 Å². The van der Waals surface area contributed by atoms with Crippen LogP contribution in [0, 0.1) is 5.92 Å².